The molecule has 20 heavy (non-hydrogen) atoms. The quantitative estimate of drug-likeness (QED) is 0.932. The minimum atomic E-state index is 0.0617. The zero-order valence-electron chi connectivity index (χ0n) is 11.3. The normalized spacial score (nSPS) is 18.4. The van der Waals surface area contributed by atoms with Crippen LogP contribution in [0, 0.1) is 0 Å². The van der Waals surface area contributed by atoms with E-state index in [0.29, 0.717) is 12.1 Å². The van der Waals surface area contributed by atoms with Crippen LogP contribution in [0.15, 0.2) is 47.1 Å². The number of rotatable bonds is 3. The lowest BCUT2D eigenvalue weighted by Gasteiger charge is -2.23. The van der Waals surface area contributed by atoms with Gasteiger partial charge >= 0.3 is 0 Å². The number of nitrogens with zero attached hydrogens (tertiary/aromatic N) is 1. The smallest absolute Gasteiger partial charge is 0.254 e. The summed E-state index contributed by atoms with van der Waals surface area (Å²) in [6, 6.07) is 11.4. The van der Waals surface area contributed by atoms with Gasteiger partial charge in [-0.25, -0.2) is 0 Å². The number of amides is 1. The SMILES string of the molecule is NCc1ccc(C(=O)N2CCCC2c2ccco2)cc1. The number of carbonyl (C=O) groups is 1. The van der Waals surface area contributed by atoms with Crippen molar-refractivity contribution in [2.45, 2.75) is 25.4 Å². The molecule has 1 aromatic heterocycles. The second kappa shape index (κ2) is 5.51. The molecule has 2 N–H and O–H groups in total. The van der Waals surface area contributed by atoms with Gasteiger partial charge in [0.2, 0.25) is 0 Å². The van der Waals surface area contributed by atoms with Crippen molar-refractivity contribution in [3.8, 4) is 0 Å². The monoisotopic (exact) mass is 270 g/mol. The first-order valence-corrected chi connectivity index (χ1v) is 6.93. The number of likely N-dealkylation sites (tertiary alicyclic amines) is 1. The molecule has 2 aromatic rings. The zero-order chi connectivity index (χ0) is 13.9. The van der Waals surface area contributed by atoms with Crippen LogP contribution < -0.4 is 5.73 Å². The molecule has 1 fully saturated rings. The summed E-state index contributed by atoms with van der Waals surface area (Å²) in [6.45, 7) is 1.27. The Bertz CT molecular complexity index is 575. The molecular formula is C16H18N2O2. The molecule has 1 unspecified atom stereocenters. The standard InChI is InChI=1S/C16H18N2O2/c17-11-12-5-7-13(8-6-12)16(19)18-9-1-3-14(18)15-4-2-10-20-15/h2,4-8,10,14H,1,3,9,11,17H2. The lowest BCUT2D eigenvalue weighted by atomic mass is 10.1. The number of benzene rings is 1. The Kier molecular flexibility index (Phi) is 3.56. The van der Waals surface area contributed by atoms with Crippen LogP contribution in [-0.2, 0) is 6.54 Å². The summed E-state index contributed by atoms with van der Waals surface area (Å²) in [5, 5.41) is 0. The average molecular weight is 270 g/mol. The van der Waals surface area contributed by atoms with Gasteiger partial charge in [-0.15, -0.1) is 0 Å². The largest absolute Gasteiger partial charge is 0.467 e. The van der Waals surface area contributed by atoms with Crippen molar-refractivity contribution in [3.05, 3.63) is 59.5 Å². The van der Waals surface area contributed by atoms with Gasteiger partial charge < -0.3 is 15.1 Å². The fraction of sp³-hybridized carbons (Fsp3) is 0.312. The second-order valence-corrected chi connectivity index (χ2v) is 5.07. The van der Waals surface area contributed by atoms with Gasteiger partial charge in [0.25, 0.3) is 5.91 Å². The van der Waals surface area contributed by atoms with Crippen LogP contribution in [0.2, 0.25) is 0 Å². The van der Waals surface area contributed by atoms with Crippen molar-refractivity contribution in [2.75, 3.05) is 6.54 Å². The lowest BCUT2D eigenvalue weighted by molar-refractivity contribution is 0.0720. The Hall–Kier alpha value is -2.07. The summed E-state index contributed by atoms with van der Waals surface area (Å²) in [5.41, 5.74) is 7.32. The first-order valence-electron chi connectivity index (χ1n) is 6.93. The molecule has 3 rings (SSSR count). The van der Waals surface area contributed by atoms with Crippen molar-refractivity contribution >= 4 is 5.91 Å². The van der Waals surface area contributed by atoms with Crippen LogP contribution in [0.4, 0.5) is 0 Å². The molecular weight excluding hydrogens is 252 g/mol. The van der Waals surface area contributed by atoms with Gasteiger partial charge in [0.05, 0.1) is 12.3 Å². The summed E-state index contributed by atoms with van der Waals surface area (Å²) >= 11 is 0. The van der Waals surface area contributed by atoms with Crippen LogP contribution in [0.3, 0.4) is 0 Å². The molecule has 0 saturated carbocycles. The van der Waals surface area contributed by atoms with Gasteiger partial charge in [0.15, 0.2) is 0 Å². The zero-order valence-corrected chi connectivity index (χ0v) is 11.3. The summed E-state index contributed by atoms with van der Waals surface area (Å²) in [6.07, 6.45) is 3.63. The maximum absolute atomic E-state index is 12.6. The van der Waals surface area contributed by atoms with Crippen molar-refractivity contribution < 1.29 is 9.21 Å². The van der Waals surface area contributed by atoms with E-state index in [4.69, 9.17) is 10.2 Å². The third kappa shape index (κ3) is 2.34. The minimum Gasteiger partial charge on any atom is -0.467 e. The molecule has 1 aliphatic heterocycles. The molecule has 1 aliphatic rings. The second-order valence-electron chi connectivity index (χ2n) is 5.07. The molecule has 0 aliphatic carbocycles. The first-order chi connectivity index (χ1) is 9.79. The highest BCUT2D eigenvalue weighted by Crippen LogP contribution is 2.33. The molecule has 4 nitrogen and oxygen atoms in total. The summed E-state index contributed by atoms with van der Waals surface area (Å²) in [4.78, 5) is 14.5. The molecule has 1 amide bonds. The fourth-order valence-electron chi connectivity index (χ4n) is 2.74. The van der Waals surface area contributed by atoms with Gasteiger partial charge in [-0.05, 0) is 42.7 Å². The highest BCUT2D eigenvalue weighted by Gasteiger charge is 2.32. The van der Waals surface area contributed by atoms with Gasteiger partial charge in [-0.1, -0.05) is 12.1 Å². The number of furan rings is 1. The van der Waals surface area contributed by atoms with Gasteiger partial charge in [-0.3, -0.25) is 4.79 Å². The van der Waals surface area contributed by atoms with Gasteiger partial charge in [0.1, 0.15) is 5.76 Å². The van der Waals surface area contributed by atoms with Crippen molar-refractivity contribution in [1.29, 1.82) is 0 Å². The van der Waals surface area contributed by atoms with E-state index >= 15 is 0 Å². The van der Waals surface area contributed by atoms with E-state index < -0.39 is 0 Å². The average Bonchev–Trinajstić information content (AvgIpc) is 3.16. The number of carbonyl (C=O) groups excluding carboxylic acids is 1. The van der Waals surface area contributed by atoms with Crippen molar-refractivity contribution in [1.82, 2.24) is 4.90 Å². The van der Waals surface area contributed by atoms with Crippen LogP contribution in [0.1, 0.15) is 40.6 Å². The van der Waals surface area contributed by atoms with Crippen LogP contribution >= 0.6 is 0 Å². The Labute approximate surface area is 118 Å². The van der Waals surface area contributed by atoms with Crippen molar-refractivity contribution in [2.24, 2.45) is 5.73 Å². The molecule has 1 atom stereocenters. The summed E-state index contributed by atoms with van der Waals surface area (Å²) in [7, 11) is 0. The molecule has 1 aromatic carbocycles. The molecule has 0 radical (unpaired) electrons. The Morgan fingerprint density at radius 1 is 1.30 bits per heavy atom. The van der Waals surface area contributed by atoms with E-state index in [-0.39, 0.29) is 11.9 Å². The van der Waals surface area contributed by atoms with E-state index in [2.05, 4.69) is 0 Å². The van der Waals surface area contributed by atoms with Crippen molar-refractivity contribution in [3.63, 3.8) is 0 Å². The van der Waals surface area contributed by atoms with Crippen LogP contribution in [0.25, 0.3) is 0 Å². The number of nitrogens with two attached hydrogens (primary N) is 1. The fourth-order valence-corrected chi connectivity index (χ4v) is 2.74. The Morgan fingerprint density at radius 2 is 2.10 bits per heavy atom. The minimum absolute atomic E-state index is 0.0617. The maximum atomic E-state index is 12.6. The van der Waals surface area contributed by atoms with E-state index in [1.807, 2.05) is 41.3 Å². The van der Waals surface area contributed by atoms with E-state index in [0.717, 1.165) is 30.7 Å². The topological polar surface area (TPSA) is 59.5 Å². The third-order valence-electron chi connectivity index (χ3n) is 3.82. The van der Waals surface area contributed by atoms with Crippen LogP contribution in [0.5, 0.6) is 0 Å². The maximum Gasteiger partial charge on any atom is 0.254 e. The molecule has 104 valence electrons. The van der Waals surface area contributed by atoms with E-state index in [1.165, 1.54) is 0 Å². The lowest BCUT2D eigenvalue weighted by Crippen LogP contribution is -2.30. The predicted octanol–water partition coefficient (Wildman–Crippen LogP) is 2.72. The summed E-state index contributed by atoms with van der Waals surface area (Å²) in [5.74, 6) is 0.932. The molecule has 0 bridgehead atoms. The number of hydrogen-bond acceptors (Lipinski definition) is 3. The Morgan fingerprint density at radius 3 is 2.75 bits per heavy atom. The number of hydrogen-bond donors (Lipinski definition) is 1. The van der Waals surface area contributed by atoms with E-state index in [1.54, 1.807) is 6.26 Å². The summed E-state index contributed by atoms with van der Waals surface area (Å²) < 4.78 is 5.46. The highest BCUT2D eigenvalue weighted by atomic mass is 16.3. The van der Waals surface area contributed by atoms with Crippen LogP contribution in [-0.4, -0.2) is 17.4 Å². The predicted molar refractivity (Wildman–Crippen MR) is 76.1 cm³/mol. The van der Waals surface area contributed by atoms with E-state index in [9.17, 15) is 4.79 Å². The molecule has 2 heterocycles. The highest BCUT2D eigenvalue weighted by molar-refractivity contribution is 5.94. The first kappa shape index (κ1) is 12.9. The Balaban J connectivity index is 1.81. The van der Waals surface area contributed by atoms with Gasteiger partial charge in [-0.2, -0.15) is 0 Å². The van der Waals surface area contributed by atoms with Gasteiger partial charge in [0, 0.05) is 18.7 Å². The molecule has 0 spiro atoms. The molecule has 4 heteroatoms. The molecule has 1 saturated heterocycles. The third-order valence-corrected chi connectivity index (χ3v) is 3.82.